The Labute approximate surface area is 167 Å². The molecule has 1 saturated heterocycles. The van der Waals surface area contributed by atoms with Crippen molar-refractivity contribution in [3.63, 3.8) is 0 Å². The van der Waals surface area contributed by atoms with E-state index in [2.05, 4.69) is 10.3 Å². The number of amides is 1. The fourth-order valence-electron chi connectivity index (χ4n) is 3.79. The molecule has 1 aromatic carbocycles. The normalized spacial score (nSPS) is 28.0. The predicted molar refractivity (Wildman–Crippen MR) is 104 cm³/mol. The summed E-state index contributed by atoms with van der Waals surface area (Å²) >= 11 is 1.37. The van der Waals surface area contributed by atoms with Crippen molar-refractivity contribution in [2.75, 3.05) is 6.61 Å². The van der Waals surface area contributed by atoms with Crippen molar-refractivity contribution < 1.29 is 23.8 Å². The van der Waals surface area contributed by atoms with Crippen molar-refractivity contribution in [3.8, 4) is 5.75 Å². The van der Waals surface area contributed by atoms with Crippen LogP contribution in [0.5, 0.6) is 5.75 Å². The van der Waals surface area contributed by atoms with Gasteiger partial charge in [-0.15, -0.1) is 11.3 Å². The van der Waals surface area contributed by atoms with Gasteiger partial charge in [-0.25, -0.2) is 9.37 Å². The summed E-state index contributed by atoms with van der Waals surface area (Å²) in [4.78, 5) is 16.7. The zero-order valence-electron chi connectivity index (χ0n) is 16.0. The number of carbonyl (C=O) groups excluding carboxylic acids is 1. The van der Waals surface area contributed by atoms with Crippen LogP contribution in [0, 0.1) is 11.7 Å². The lowest BCUT2D eigenvalue weighted by Gasteiger charge is -2.38. The maximum Gasteiger partial charge on any atom is 0.223 e. The molecule has 1 saturated carbocycles. The van der Waals surface area contributed by atoms with Crippen LogP contribution in [0.3, 0.4) is 0 Å². The molecule has 1 aromatic heterocycles. The van der Waals surface area contributed by atoms with Crippen LogP contribution in [0.4, 0.5) is 4.39 Å². The van der Waals surface area contributed by atoms with Crippen LogP contribution in [0.2, 0.25) is 0 Å². The Morgan fingerprint density at radius 3 is 2.86 bits per heavy atom. The maximum atomic E-state index is 13.7. The number of halogens is 1. The molecular weight excluding hydrogens is 383 g/mol. The SMILES string of the molecule is CC(C)(O)[C@@H]1CC[C@@H](NC(=O)C2CC(Oc3cc(F)cc4scnc34)C2)CO1. The van der Waals surface area contributed by atoms with Gasteiger partial charge in [-0.05, 0) is 45.6 Å². The third-order valence-electron chi connectivity index (χ3n) is 5.54. The van der Waals surface area contributed by atoms with Gasteiger partial charge in [0.2, 0.25) is 5.91 Å². The highest BCUT2D eigenvalue weighted by atomic mass is 32.1. The van der Waals surface area contributed by atoms with E-state index in [9.17, 15) is 14.3 Å². The average molecular weight is 408 g/mol. The van der Waals surface area contributed by atoms with E-state index in [0.29, 0.717) is 37.1 Å². The summed E-state index contributed by atoms with van der Waals surface area (Å²) < 4.78 is 26.1. The van der Waals surface area contributed by atoms with Gasteiger partial charge in [-0.3, -0.25) is 4.79 Å². The largest absolute Gasteiger partial charge is 0.488 e. The van der Waals surface area contributed by atoms with Gasteiger partial charge in [0, 0.05) is 12.0 Å². The number of rotatable bonds is 5. The van der Waals surface area contributed by atoms with E-state index in [1.807, 2.05) is 0 Å². The number of ether oxygens (including phenoxy) is 2. The summed E-state index contributed by atoms with van der Waals surface area (Å²) in [7, 11) is 0. The van der Waals surface area contributed by atoms with Gasteiger partial charge in [-0.2, -0.15) is 0 Å². The molecule has 1 aliphatic heterocycles. The standard InChI is InChI=1S/C20H25FN2O4S/c1-20(2,25)17-4-3-13(9-26-17)23-19(24)11-5-14(6-11)27-15-7-12(21)8-16-18(15)22-10-28-16/h7-8,10-11,13-14,17,25H,3-6,9H2,1-2H3,(H,23,24)/t11?,13-,14?,17+/m1/s1. The van der Waals surface area contributed by atoms with Crippen molar-refractivity contribution in [1.29, 1.82) is 0 Å². The number of thiazole rings is 1. The van der Waals surface area contributed by atoms with Gasteiger partial charge in [0.1, 0.15) is 23.2 Å². The Kier molecular flexibility index (Phi) is 5.28. The zero-order chi connectivity index (χ0) is 19.9. The number of nitrogens with one attached hydrogen (secondary N) is 1. The monoisotopic (exact) mass is 408 g/mol. The Bertz CT molecular complexity index is 851. The predicted octanol–water partition coefficient (Wildman–Crippen LogP) is 3.03. The lowest BCUT2D eigenvalue weighted by Crippen LogP contribution is -2.51. The van der Waals surface area contributed by atoms with Crippen molar-refractivity contribution in [1.82, 2.24) is 10.3 Å². The number of hydrogen-bond donors (Lipinski definition) is 2. The minimum absolute atomic E-state index is 0.00760. The highest BCUT2D eigenvalue weighted by Crippen LogP contribution is 2.36. The van der Waals surface area contributed by atoms with Crippen molar-refractivity contribution >= 4 is 27.5 Å². The van der Waals surface area contributed by atoms with Crippen LogP contribution in [0.15, 0.2) is 17.6 Å². The van der Waals surface area contributed by atoms with E-state index in [1.54, 1.807) is 19.4 Å². The van der Waals surface area contributed by atoms with E-state index in [0.717, 1.165) is 11.1 Å². The first-order valence-electron chi connectivity index (χ1n) is 9.63. The van der Waals surface area contributed by atoms with Gasteiger partial charge in [0.25, 0.3) is 0 Å². The van der Waals surface area contributed by atoms with Crippen LogP contribution >= 0.6 is 11.3 Å². The van der Waals surface area contributed by atoms with Crippen molar-refractivity contribution in [3.05, 3.63) is 23.5 Å². The lowest BCUT2D eigenvalue weighted by atomic mass is 9.81. The molecule has 1 amide bonds. The molecule has 0 radical (unpaired) electrons. The number of carbonyl (C=O) groups is 1. The minimum Gasteiger partial charge on any atom is -0.488 e. The quantitative estimate of drug-likeness (QED) is 0.795. The third kappa shape index (κ3) is 4.14. The fourth-order valence-corrected chi connectivity index (χ4v) is 4.51. The fraction of sp³-hybridized carbons (Fsp3) is 0.600. The average Bonchev–Trinajstić information content (AvgIpc) is 3.05. The van der Waals surface area contributed by atoms with Crippen molar-refractivity contribution in [2.24, 2.45) is 5.92 Å². The van der Waals surface area contributed by atoms with Gasteiger partial charge in [0.05, 0.1) is 34.6 Å². The Morgan fingerprint density at radius 2 is 2.18 bits per heavy atom. The number of nitrogens with zero attached hydrogens (tertiary/aromatic N) is 1. The lowest BCUT2D eigenvalue weighted by molar-refractivity contribution is -0.137. The Hall–Kier alpha value is -1.77. The minimum atomic E-state index is -0.868. The second kappa shape index (κ2) is 7.57. The molecule has 28 heavy (non-hydrogen) atoms. The van der Waals surface area contributed by atoms with Crippen LogP contribution in [0.1, 0.15) is 39.5 Å². The maximum absolute atomic E-state index is 13.7. The number of hydrogen-bond acceptors (Lipinski definition) is 6. The molecule has 0 spiro atoms. The van der Waals surface area contributed by atoms with Gasteiger partial charge in [-0.1, -0.05) is 0 Å². The molecule has 152 valence electrons. The first kappa shape index (κ1) is 19.5. The second-order valence-corrected chi connectivity index (χ2v) is 9.16. The van der Waals surface area contributed by atoms with Crippen LogP contribution in [-0.2, 0) is 9.53 Å². The Balaban J connectivity index is 1.25. The van der Waals surface area contributed by atoms with Gasteiger partial charge >= 0.3 is 0 Å². The topological polar surface area (TPSA) is 80.7 Å². The van der Waals surface area contributed by atoms with E-state index in [1.165, 1.54) is 23.5 Å². The number of aromatic nitrogens is 1. The summed E-state index contributed by atoms with van der Waals surface area (Å²) in [5.74, 6) is 0.00479. The summed E-state index contributed by atoms with van der Waals surface area (Å²) in [6.07, 6.45) is 2.41. The molecule has 0 unspecified atom stereocenters. The molecule has 2 fully saturated rings. The molecule has 1 aliphatic carbocycles. The highest BCUT2D eigenvalue weighted by molar-refractivity contribution is 7.16. The summed E-state index contributed by atoms with van der Waals surface area (Å²) in [6.45, 7) is 3.89. The Morgan fingerprint density at radius 1 is 1.39 bits per heavy atom. The summed E-state index contributed by atoms with van der Waals surface area (Å²) in [5, 5.41) is 13.1. The molecule has 2 atom stereocenters. The molecule has 2 aliphatic rings. The van der Waals surface area contributed by atoms with E-state index < -0.39 is 5.60 Å². The van der Waals surface area contributed by atoms with E-state index in [4.69, 9.17) is 9.47 Å². The van der Waals surface area contributed by atoms with Gasteiger partial charge in [0.15, 0.2) is 0 Å². The molecular formula is C20H25FN2O4S. The molecule has 8 heteroatoms. The molecule has 4 rings (SSSR count). The zero-order valence-corrected chi connectivity index (χ0v) is 16.8. The summed E-state index contributed by atoms with van der Waals surface area (Å²) in [6, 6.07) is 2.78. The van der Waals surface area contributed by atoms with Crippen molar-refractivity contribution in [2.45, 2.75) is 63.4 Å². The number of fused-ring (bicyclic) bond motifs is 1. The van der Waals surface area contributed by atoms with Crippen LogP contribution in [0.25, 0.3) is 10.2 Å². The molecule has 2 aromatic rings. The van der Waals surface area contributed by atoms with Gasteiger partial charge < -0.3 is 19.9 Å². The highest BCUT2D eigenvalue weighted by Gasteiger charge is 2.38. The molecule has 0 bridgehead atoms. The summed E-state index contributed by atoms with van der Waals surface area (Å²) in [5.41, 5.74) is 1.47. The van der Waals surface area contributed by atoms with E-state index in [-0.39, 0.29) is 35.9 Å². The molecule has 6 nitrogen and oxygen atoms in total. The van der Waals surface area contributed by atoms with E-state index >= 15 is 0 Å². The second-order valence-electron chi connectivity index (χ2n) is 8.27. The molecule has 2 heterocycles. The first-order chi connectivity index (χ1) is 13.3. The number of benzene rings is 1. The molecule has 2 N–H and O–H groups in total. The smallest absolute Gasteiger partial charge is 0.223 e. The first-order valence-corrected chi connectivity index (χ1v) is 10.5. The third-order valence-corrected chi connectivity index (χ3v) is 6.31. The number of aliphatic hydroxyl groups is 1. The van der Waals surface area contributed by atoms with Crippen LogP contribution < -0.4 is 10.1 Å². The van der Waals surface area contributed by atoms with Crippen LogP contribution in [-0.4, -0.2) is 46.5 Å².